The van der Waals surface area contributed by atoms with Crippen LogP contribution in [0, 0.1) is 12.8 Å². The molecule has 2 saturated heterocycles. The van der Waals surface area contributed by atoms with Crippen molar-refractivity contribution < 1.29 is 72.4 Å². The number of fused-ring (bicyclic) bond motifs is 3. The maximum Gasteiger partial charge on any atom is 0.416 e. The third kappa shape index (κ3) is 14.6. The van der Waals surface area contributed by atoms with Crippen molar-refractivity contribution in [2.45, 2.75) is 102 Å². The van der Waals surface area contributed by atoms with E-state index in [2.05, 4.69) is 22.2 Å². The molecule has 6 heterocycles. The van der Waals surface area contributed by atoms with Crippen LogP contribution in [0.15, 0.2) is 122 Å². The SMILES string of the molecule is C=C1C[C@H]2[C@H](O)N(C(=O)OCc3ccc(CC(=O)[C@H](C)NC(=O)[C@H](C)CC(=O)CCN4C(=O)CC(SC)C4=O)cc3)c3cc(OCCCC(=O)Nc4cn(C)c(C(=O)Cc5ccc(-c6cc(C(=O)n7ccc8cc(C(=O)O)ccc87)n(C)c6)cc5)n4)c(C)cc3C(=O)N2C1. The number of carboxylic acids is 1. The maximum absolute atomic E-state index is 14.2. The van der Waals surface area contributed by atoms with Gasteiger partial charge in [0.1, 0.15) is 23.8 Å². The van der Waals surface area contributed by atoms with Gasteiger partial charge in [0.2, 0.25) is 29.4 Å². The van der Waals surface area contributed by atoms with Crippen molar-refractivity contribution in [3.8, 4) is 16.9 Å². The number of nitrogens with zero attached hydrogens (tertiary/aromatic N) is 7. The minimum absolute atomic E-state index is 0.00200. The molecule has 3 aliphatic rings. The van der Waals surface area contributed by atoms with Crippen molar-refractivity contribution in [1.82, 2.24) is 33.8 Å². The second-order valence-electron chi connectivity index (χ2n) is 24.0. The molecule has 2 fully saturated rings. The molecule has 0 spiro atoms. The predicted octanol–water partition coefficient (Wildman–Crippen LogP) is 7.64. The number of hydrogen-bond donors (Lipinski definition) is 4. The van der Waals surface area contributed by atoms with Crippen LogP contribution in [0.3, 0.4) is 0 Å². The zero-order valence-corrected chi connectivity index (χ0v) is 53.5. The molecule has 10 rings (SSSR count). The van der Waals surface area contributed by atoms with Gasteiger partial charge >= 0.3 is 12.1 Å². The van der Waals surface area contributed by atoms with E-state index in [0.717, 1.165) is 20.9 Å². The number of imidazole rings is 1. The van der Waals surface area contributed by atoms with Crippen LogP contribution in [0.2, 0.25) is 0 Å². The number of hydrogen-bond acceptors (Lipinski definition) is 16. The number of aliphatic hydroxyl groups excluding tert-OH is 1. The van der Waals surface area contributed by atoms with Crippen LogP contribution in [-0.2, 0) is 67.0 Å². The minimum Gasteiger partial charge on any atom is -0.493 e. The normalized spacial score (nSPS) is 16.8. The van der Waals surface area contributed by atoms with Gasteiger partial charge in [0, 0.05) is 107 Å². The van der Waals surface area contributed by atoms with Crippen LogP contribution in [0.1, 0.15) is 116 Å². The third-order valence-electron chi connectivity index (χ3n) is 17.1. The Morgan fingerprint density at radius 3 is 2.26 bits per heavy atom. The number of nitrogens with one attached hydrogen (secondary N) is 2. The van der Waals surface area contributed by atoms with Crippen molar-refractivity contribution in [3.63, 3.8) is 0 Å². The maximum atomic E-state index is 14.2. The number of imide groups is 1. The number of benzene rings is 4. The number of thioether (sulfide) groups is 1. The number of amides is 6. The van der Waals surface area contributed by atoms with E-state index in [4.69, 9.17) is 9.47 Å². The highest BCUT2D eigenvalue weighted by Gasteiger charge is 2.46. The summed E-state index contributed by atoms with van der Waals surface area (Å²) in [5.41, 5.74) is 5.98. The first-order valence-corrected chi connectivity index (χ1v) is 31.8. The smallest absolute Gasteiger partial charge is 0.416 e. The Balaban J connectivity index is 0.696. The van der Waals surface area contributed by atoms with Crippen LogP contribution in [0.4, 0.5) is 16.3 Å². The zero-order valence-electron chi connectivity index (χ0n) is 52.7. The Labute approximate surface area is 544 Å². The second kappa shape index (κ2) is 28.3. The highest BCUT2D eigenvalue weighted by molar-refractivity contribution is 8.00. The van der Waals surface area contributed by atoms with Gasteiger partial charge in [0.15, 0.2) is 23.7 Å². The fourth-order valence-electron chi connectivity index (χ4n) is 11.8. The third-order valence-corrected chi connectivity index (χ3v) is 18.0. The van der Waals surface area contributed by atoms with E-state index < -0.39 is 59.3 Å². The molecule has 6 amide bonds. The summed E-state index contributed by atoms with van der Waals surface area (Å²) in [5, 5.41) is 26.9. The second-order valence-corrected chi connectivity index (χ2v) is 25.0. The molecule has 4 N–H and O–H groups in total. The van der Waals surface area contributed by atoms with Crippen molar-refractivity contribution in [2.75, 3.05) is 36.2 Å². The first-order valence-electron chi connectivity index (χ1n) is 30.6. The first kappa shape index (κ1) is 66.6. The van der Waals surface area contributed by atoms with E-state index in [9.17, 15) is 63.0 Å². The lowest BCUT2D eigenvalue weighted by Gasteiger charge is -2.31. The Hall–Kier alpha value is -10.3. The van der Waals surface area contributed by atoms with Crippen LogP contribution in [0.5, 0.6) is 5.75 Å². The van der Waals surface area contributed by atoms with Gasteiger partial charge in [-0.15, -0.1) is 0 Å². The molecular formula is C69H71N9O15S. The summed E-state index contributed by atoms with van der Waals surface area (Å²) >= 11 is 1.28. The number of carbonyl (C=O) groups is 11. The number of aryl methyl sites for hydroxylation is 3. The quantitative estimate of drug-likeness (QED) is 0.0185. The summed E-state index contributed by atoms with van der Waals surface area (Å²) in [4.78, 5) is 152. The lowest BCUT2D eigenvalue weighted by Crippen LogP contribution is -2.50. The summed E-state index contributed by atoms with van der Waals surface area (Å²) in [6, 6.07) is 23.4. The lowest BCUT2D eigenvalue weighted by atomic mass is 10.00. The van der Waals surface area contributed by atoms with Crippen LogP contribution in [0.25, 0.3) is 22.0 Å². The number of carboxylic acid groups (broad SMARTS) is 1. The highest BCUT2D eigenvalue weighted by atomic mass is 32.2. The summed E-state index contributed by atoms with van der Waals surface area (Å²) < 4.78 is 16.7. The molecule has 0 saturated carbocycles. The average molecular weight is 1300 g/mol. The molecule has 24 nitrogen and oxygen atoms in total. The van der Waals surface area contributed by atoms with Gasteiger partial charge in [-0.3, -0.25) is 52.6 Å². The number of carbonyl (C=O) groups excluding carboxylic acids is 10. The lowest BCUT2D eigenvalue weighted by molar-refractivity contribution is -0.139. The van der Waals surface area contributed by atoms with Crippen LogP contribution >= 0.6 is 11.8 Å². The summed E-state index contributed by atoms with van der Waals surface area (Å²) in [6.07, 6.45) is 4.54. The van der Waals surface area contributed by atoms with E-state index in [1.54, 1.807) is 100 Å². The number of likely N-dealkylation sites (tertiary alicyclic amines) is 1. The number of ketones is 3. The Morgan fingerprint density at radius 1 is 0.830 bits per heavy atom. The number of aliphatic hydroxyl groups is 1. The number of Topliss-reactive ketones (excluding diaryl/α,β-unsaturated/α-hetero) is 3. The minimum atomic E-state index is -1.55. The molecule has 4 aromatic carbocycles. The molecule has 0 radical (unpaired) electrons. The van der Waals surface area contributed by atoms with Gasteiger partial charge in [-0.2, -0.15) is 11.8 Å². The van der Waals surface area contributed by atoms with E-state index in [0.29, 0.717) is 44.4 Å². The number of aromatic carboxylic acids is 1. The van der Waals surface area contributed by atoms with Crippen molar-refractivity contribution in [2.24, 2.45) is 20.0 Å². The van der Waals surface area contributed by atoms with Crippen molar-refractivity contribution in [1.29, 1.82) is 0 Å². The van der Waals surface area contributed by atoms with Gasteiger partial charge in [0.05, 0.1) is 46.3 Å². The molecule has 0 aliphatic carbocycles. The van der Waals surface area contributed by atoms with E-state index in [1.165, 1.54) is 50.2 Å². The van der Waals surface area contributed by atoms with Crippen molar-refractivity contribution >= 4 is 99.0 Å². The number of rotatable bonds is 25. The van der Waals surface area contributed by atoms with Crippen LogP contribution in [-0.4, -0.2) is 153 Å². The van der Waals surface area contributed by atoms with E-state index in [-0.39, 0.29) is 147 Å². The van der Waals surface area contributed by atoms with Gasteiger partial charge < -0.3 is 44.4 Å². The molecule has 1 unspecified atom stereocenters. The highest BCUT2D eigenvalue weighted by Crippen LogP contribution is 2.40. The van der Waals surface area contributed by atoms with E-state index in [1.807, 2.05) is 30.5 Å². The molecule has 3 aromatic heterocycles. The number of ether oxygens (including phenoxy) is 2. The summed E-state index contributed by atoms with van der Waals surface area (Å²) in [5.74, 6) is -4.37. The molecule has 94 heavy (non-hydrogen) atoms. The largest absolute Gasteiger partial charge is 0.493 e. The van der Waals surface area contributed by atoms with Gasteiger partial charge in [-0.1, -0.05) is 67.6 Å². The summed E-state index contributed by atoms with van der Waals surface area (Å²) in [6.45, 7) is 8.78. The molecule has 0 bridgehead atoms. The molecule has 3 aliphatic heterocycles. The zero-order chi connectivity index (χ0) is 67.4. The molecule has 25 heteroatoms. The topological polar surface area (TPSA) is 308 Å². The molecular weight excluding hydrogens is 1230 g/mol. The monoisotopic (exact) mass is 1300 g/mol. The van der Waals surface area contributed by atoms with Gasteiger partial charge in [0.25, 0.3) is 11.8 Å². The van der Waals surface area contributed by atoms with Crippen LogP contribution < -0.4 is 20.3 Å². The Bertz CT molecular complexity index is 4220. The van der Waals surface area contributed by atoms with Gasteiger partial charge in [-0.05, 0) is 97.2 Å². The fraction of sp³-hybridized carbons (Fsp3) is 0.333. The fourth-order valence-corrected chi connectivity index (χ4v) is 12.4. The molecule has 488 valence electrons. The predicted molar refractivity (Wildman–Crippen MR) is 347 cm³/mol. The first-order chi connectivity index (χ1) is 44.8. The average Bonchev–Trinajstić information content (AvgIpc) is 1.60. The Morgan fingerprint density at radius 2 is 1.54 bits per heavy atom. The van der Waals surface area contributed by atoms with Gasteiger partial charge in [-0.25, -0.2) is 19.5 Å². The standard InChI is InChI=1S/C69H71N9O15S/c1-38-25-54-66(87)78(69(91)93-37-44-12-10-42(11-13-44)28-55(80)41(4)70-63(84)40(3)26-49(79)21-23-76-61(83)33-58(94-7)67(76)88)52-32-57(39(2)27-50(52)64(85)77(54)34-38)92-24-8-9-60(82)71-59-36-74(6)62(72-59)56(81)29-43-14-16-45(17-15-43)48-31-53(73(5)35-48)65(86)75-22-20-46-30-47(68(89)90)18-19-51(46)75/h10-20,22,27,30-32,35-36,40-41,54,58,66,87H,1,8-9,21,23-26,28-29,33-34,37H2,2-7H3,(H,70,84)(H,71,82)(H,89,90)/t40-,41+,54+,58?,66+/m1/s1. The van der Waals surface area contributed by atoms with E-state index >= 15 is 0 Å². The van der Waals surface area contributed by atoms with Crippen molar-refractivity contribution in [3.05, 3.63) is 167 Å². The summed E-state index contributed by atoms with van der Waals surface area (Å²) in [7, 11) is 3.41. The number of aromatic nitrogens is 4. The molecule has 7 aromatic rings. The Kier molecular flexibility index (Phi) is 20.1. The number of anilines is 2. The molecule has 5 atom stereocenters.